The molecule has 0 atom stereocenters. The van der Waals surface area contributed by atoms with Crippen molar-refractivity contribution >= 4 is 23.8 Å². The molecule has 3 rings (SSSR count). The second-order valence-electron chi connectivity index (χ2n) is 4.98. The van der Waals surface area contributed by atoms with Crippen molar-refractivity contribution in [2.24, 2.45) is 5.10 Å². The number of hydrogen-bond acceptors (Lipinski definition) is 4. The molecule has 23 heavy (non-hydrogen) atoms. The summed E-state index contributed by atoms with van der Waals surface area (Å²) in [6, 6.07) is 19.4. The highest BCUT2D eigenvalue weighted by molar-refractivity contribution is 6.33. The topological polar surface area (TPSA) is 50.2 Å². The van der Waals surface area contributed by atoms with Crippen molar-refractivity contribution in [2.75, 3.05) is 5.43 Å². The highest BCUT2D eigenvalue weighted by atomic mass is 35.5. The Morgan fingerprint density at radius 1 is 1.00 bits per heavy atom. The summed E-state index contributed by atoms with van der Waals surface area (Å²) < 4.78 is 0. The Hall–Kier alpha value is -2.72. The Morgan fingerprint density at radius 2 is 1.74 bits per heavy atom. The molecule has 0 radical (unpaired) electrons. The highest BCUT2D eigenvalue weighted by Gasteiger charge is 2.03. The van der Waals surface area contributed by atoms with E-state index in [-0.39, 0.29) is 0 Å². The quantitative estimate of drug-likeness (QED) is 0.566. The first-order valence-corrected chi connectivity index (χ1v) is 7.55. The molecule has 0 spiro atoms. The minimum Gasteiger partial charge on any atom is -0.245 e. The molecule has 0 unspecified atom stereocenters. The predicted octanol–water partition coefficient (Wildman–Crippen LogP) is 4.55. The monoisotopic (exact) mass is 322 g/mol. The molecule has 1 aromatic heterocycles. The summed E-state index contributed by atoms with van der Waals surface area (Å²) in [5.74, 6) is 0.451. The summed E-state index contributed by atoms with van der Waals surface area (Å²) in [6.45, 7) is 1.93. The zero-order valence-corrected chi connectivity index (χ0v) is 13.3. The molecule has 0 bridgehead atoms. The van der Waals surface area contributed by atoms with Gasteiger partial charge in [-0.3, -0.25) is 0 Å². The largest absolute Gasteiger partial charge is 0.245 e. The SMILES string of the molecule is Cc1cc(-c2ccccc2)nc(NN=Cc2ccccc2Cl)n1. The van der Waals surface area contributed by atoms with E-state index >= 15 is 0 Å². The molecule has 4 nitrogen and oxygen atoms in total. The number of nitrogens with one attached hydrogen (secondary N) is 1. The predicted molar refractivity (Wildman–Crippen MR) is 94.9 cm³/mol. The minimum absolute atomic E-state index is 0.451. The molecule has 0 aliphatic carbocycles. The lowest BCUT2D eigenvalue weighted by Crippen LogP contribution is -2.00. The number of halogens is 1. The molecule has 114 valence electrons. The fraction of sp³-hybridized carbons (Fsp3) is 0.0556. The second-order valence-corrected chi connectivity index (χ2v) is 5.38. The lowest BCUT2D eigenvalue weighted by atomic mass is 10.1. The van der Waals surface area contributed by atoms with Crippen molar-refractivity contribution < 1.29 is 0 Å². The van der Waals surface area contributed by atoms with Crippen LogP contribution in [0.3, 0.4) is 0 Å². The highest BCUT2D eigenvalue weighted by Crippen LogP contribution is 2.18. The molecule has 3 aromatic rings. The van der Waals surface area contributed by atoms with Crippen molar-refractivity contribution in [2.45, 2.75) is 6.92 Å². The Labute approximate surface area is 139 Å². The molecule has 0 fully saturated rings. The summed E-state index contributed by atoms with van der Waals surface area (Å²) in [5, 5.41) is 4.81. The Balaban J connectivity index is 1.81. The summed E-state index contributed by atoms with van der Waals surface area (Å²) in [6.07, 6.45) is 1.65. The molecule has 1 heterocycles. The Bertz CT molecular complexity index is 831. The van der Waals surface area contributed by atoms with Crippen LogP contribution in [0.25, 0.3) is 11.3 Å². The maximum Gasteiger partial charge on any atom is 0.244 e. The average Bonchev–Trinajstić information content (AvgIpc) is 2.57. The Morgan fingerprint density at radius 3 is 2.52 bits per heavy atom. The molecule has 0 aliphatic heterocycles. The number of aryl methyl sites for hydroxylation is 1. The van der Waals surface area contributed by atoms with Gasteiger partial charge in [0, 0.05) is 21.8 Å². The van der Waals surface area contributed by atoms with E-state index in [1.807, 2.05) is 67.6 Å². The van der Waals surface area contributed by atoms with Crippen LogP contribution in [0.15, 0.2) is 65.8 Å². The van der Waals surface area contributed by atoms with Crippen molar-refractivity contribution in [3.8, 4) is 11.3 Å². The van der Waals surface area contributed by atoms with E-state index in [9.17, 15) is 0 Å². The zero-order valence-electron chi connectivity index (χ0n) is 12.6. The van der Waals surface area contributed by atoms with Gasteiger partial charge in [-0.2, -0.15) is 5.10 Å². The molecule has 1 N–H and O–H groups in total. The summed E-state index contributed by atoms with van der Waals surface area (Å²) in [4.78, 5) is 8.83. The Kier molecular flexibility index (Phi) is 4.64. The van der Waals surface area contributed by atoms with Gasteiger partial charge in [0.15, 0.2) is 0 Å². The molecule has 0 saturated carbocycles. The number of aromatic nitrogens is 2. The van der Waals surface area contributed by atoms with E-state index in [4.69, 9.17) is 11.6 Å². The first-order chi connectivity index (χ1) is 11.2. The summed E-state index contributed by atoms with van der Waals surface area (Å²) in [5.41, 5.74) is 6.45. The van der Waals surface area contributed by atoms with Gasteiger partial charge in [-0.25, -0.2) is 15.4 Å². The van der Waals surface area contributed by atoms with E-state index < -0.39 is 0 Å². The molecule has 2 aromatic carbocycles. The number of hydrogen-bond donors (Lipinski definition) is 1. The number of rotatable bonds is 4. The van der Waals surface area contributed by atoms with Crippen molar-refractivity contribution in [3.05, 3.63) is 76.9 Å². The van der Waals surface area contributed by atoms with Crippen molar-refractivity contribution in [1.29, 1.82) is 0 Å². The number of nitrogens with zero attached hydrogens (tertiary/aromatic N) is 3. The van der Waals surface area contributed by atoms with Gasteiger partial charge >= 0.3 is 0 Å². The van der Waals surface area contributed by atoms with Gasteiger partial charge in [0.1, 0.15) is 0 Å². The first-order valence-electron chi connectivity index (χ1n) is 7.17. The van der Waals surface area contributed by atoms with Gasteiger partial charge in [-0.05, 0) is 19.1 Å². The second kappa shape index (κ2) is 7.03. The van der Waals surface area contributed by atoms with Crippen LogP contribution < -0.4 is 5.43 Å². The summed E-state index contributed by atoms with van der Waals surface area (Å²) in [7, 11) is 0. The van der Waals surface area contributed by atoms with Crippen LogP contribution in [-0.4, -0.2) is 16.2 Å². The van der Waals surface area contributed by atoms with Gasteiger partial charge < -0.3 is 0 Å². The molecule has 0 aliphatic rings. The van der Waals surface area contributed by atoms with Crippen LogP contribution in [0.2, 0.25) is 5.02 Å². The van der Waals surface area contributed by atoms with Crippen LogP contribution >= 0.6 is 11.6 Å². The lowest BCUT2D eigenvalue weighted by molar-refractivity contribution is 1.08. The normalized spacial score (nSPS) is 10.9. The fourth-order valence-electron chi connectivity index (χ4n) is 2.11. The van der Waals surface area contributed by atoms with Gasteiger partial charge in [0.2, 0.25) is 5.95 Å². The maximum atomic E-state index is 6.09. The van der Waals surface area contributed by atoms with Crippen LogP contribution in [0.4, 0.5) is 5.95 Å². The van der Waals surface area contributed by atoms with Crippen LogP contribution in [0.1, 0.15) is 11.3 Å². The number of anilines is 1. The number of hydrazone groups is 1. The molecule has 5 heteroatoms. The van der Waals surface area contributed by atoms with Crippen molar-refractivity contribution in [1.82, 2.24) is 9.97 Å². The third kappa shape index (κ3) is 3.93. The number of benzene rings is 2. The van der Waals surface area contributed by atoms with Crippen LogP contribution in [0, 0.1) is 6.92 Å². The third-order valence-corrected chi connectivity index (χ3v) is 3.54. The van der Waals surface area contributed by atoms with E-state index in [1.54, 1.807) is 6.21 Å². The van der Waals surface area contributed by atoms with E-state index in [1.165, 1.54) is 0 Å². The maximum absolute atomic E-state index is 6.09. The smallest absolute Gasteiger partial charge is 0.244 e. The van der Waals surface area contributed by atoms with Crippen LogP contribution in [0.5, 0.6) is 0 Å². The fourth-order valence-corrected chi connectivity index (χ4v) is 2.30. The van der Waals surface area contributed by atoms with Gasteiger partial charge in [-0.1, -0.05) is 60.1 Å². The van der Waals surface area contributed by atoms with E-state index in [0.717, 1.165) is 22.5 Å². The minimum atomic E-state index is 0.451. The molecule has 0 saturated heterocycles. The third-order valence-electron chi connectivity index (χ3n) is 3.20. The lowest BCUT2D eigenvalue weighted by Gasteiger charge is -2.05. The standard InChI is InChI=1S/C18H15ClN4/c1-13-11-17(14-7-3-2-4-8-14)22-18(21-13)23-20-12-15-9-5-6-10-16(15)19/h2-12H,1H3,(H,21,22,23). The van der Waals surface area contributed by atoms with Crippen LogP contribution in [-0.2, 0) is 0 Å². The molecular formula is C18H15ClN4. The van der Waals surface area contributed by atoms with Crippen molar-refractivity contribution in [3.63, 3.8) is 0 Å². The molecular weight excluding hydrogens is 308 g/mol. The molecule has 0 amide bonds. The zero-order chi connectivity index (χ0) is 16.1. The summed E-state index contributed by atoms with van der Waals surface area (Å²) >= 11 is 6.09. The first kappa shape index (κ1) is 15.2. The van der Waals surface area contributed by atoms with Gasteiger partial charge in [0.25, 0.3) is 0 Å². The van der Waals surface area contributed by atoms with E-state index in [0.29, 0.717) is 11.0 Å². The van der Waals surface area contributed by atoms with E-state index in [2.05, 4.69) is 20.5 Å². The van der Waals surface area contributed by atoms with Gasteiger partial charge in [-0.15, -0.1) is 0 Å². The average molecular weight is 323 g/mol. The van der Waals surface area contributed by atoms with Gasteiger partial charge in [0.05, 0.1) is 11.9 Å².